The van der Waals surface area contributed by atoms with Crippen molar-refractivity contribution >= 4 is 23.6 Å². The van der Waals surface area contributed by atoms with Crippen molar-refractivity contribution in [2.75, 3.05) is 26.6 Å². The molecule has 3 N–H and O–H groups in total. The summed E-state index contributed by atoms with van der Waals surface area (Å²) in [6, 6.07) is 5.02. The molecule has 10 heteroatoms. The van der Waals surface area contributed by atoms with Gasteiger partial charge in [-0.2, -0.15) is 0 Å². The van der Waals surface area contributed by atoms with Gasteiger partial charge in [-0.05, 0) is 23.8 Å². The topological polar surface area (TPSA) is 143 Å². The quantitative estimate of drug-likeness (QED) is 0.386. The Labute approximate surface area is 159 Å². The summed E-state index contributed by atoms with van der Waals surface area (Å²) in [5.74, 6) is -0.925. The van der Waals surface area contributed by atoms with Gasteiger partial charge >= 0.3 is 11.7 Å². The Morgan fingerprint density at radius 1 is 1.18 bits per heavy atom. The number of anilines is 1. The van der Waals surface area contributed by atoms with E-state index >= 15 is 0 Å². The number of esters is 1. The Morgan fingerprint density at radius 3 is 2.50 bits per heavy atom. The first-order chi connectivity index (χ1) is 13.3. The Kier molecular flexibility index (Phi) is 6.38. The molecular weight excluding hydrogens is 370 g/mol. The normalized spacial score (nSPS) is 10.7. The Bertz CT molecular complexity index is 1050. The van der Waals surface area contributed by atoms with Gasteiger partial charge < -0.3 is 19.9 Å². The van der Waals surface area contributed by atoms with Crippen LogP contribution in [0, 0.1) is 0 Å². The maximum absolute atomic E-state index is 12.1. The maximum Gasteiger partial charge on any atom is 0.331 e. The molecule has 2 rings (SSSR count). The lowest BCUT2D eigenvalue weighted by Gasteiger charge is -2.08. The van der Waals surface area contributed by atoms with Crippen LogP contribution in [0.5, 0.6) is 11.5 Å². The van der Waals surface area contributed by atoms with E-state index in [9.17, 15) is 19.2 Å². The molecule has 0 aliphatic carbocycles. The minimum atomic E-state index is -0.942. The zero-order chi connectivity index (χ0) is 20.8. The molecule has 10 nitrogen and oxygen atoms in total. The van der Waals surface area contributed by atoms with Crippen molar-refractivity contribution in [2.24, 2.45) is 7.05 Å². The fourth-order valence-corrected chi connectivity index (χ4v) is 2.28. The molecule has 0 saturated heterocycles. The molecule has 1 heterocycles. The van der Waals surface area contributed by atoms with Gasteiger partial charge in [-0.15, -0.1) is 0 Å². The molecule has 0 amide bonds. The monoisotopic (exact) mass is 389 g/mol. The fourth-order valence-electron chi connectivity index (χ4n) is 2.28. The largest absolute Gasteiger partial charge is 0.493 e. The number of hydrogen-bond acceptors (Lipinski definition) is 8. The van der Waals surface area contributed by atoms with Crippen LogP contribution in [0.1, 0.15) is 15.9 Å². The first-order valence-electron chi connectivity index (χ1n) is 7.97. The first-order valence-corrected chi connectivity index (χ1v) is 7.97. The lowest BCUT2D eigenvalue weighted by Crippen LogP contribution is -2.35. The number of carbonyl (C=O) groups is 2. The Balaban J connectivity index is 2.06. The van der Waals surface area contributed by atoms with Gasteiger partial charge in [0.25, 0.3) is 5.56 Å². The van der Waals surface area contributed by atoms with Gasteiger partial charge in [0.05, 0.1) is 14.2 Å². The lowest BCUT2D eigenvalue weighted by molar-refractivity contribution is -0.136. The number of methoxy groups -OCH3 is 2. The third kappa shape index (κ3) is 4.47. The number of benzene rings is 1. The summed E-state index contributed by atoms with van der Waals surface area (Å²) in [6.45, 7) is -0.708. The molecule has 0 saturated carbocycles. The number of nitrogens with zero attached hydrogens (tertiary/aromatic N) is 1. The Morgan fingerprint density at radius 2 is 1.86 bits per heavy atom. The van der Waals surface area contributed by atoms with Crippen LogP contribution in [0.4, 0.5) is 5.82 Å². The highest BCUT2D eigenvalue weighted by Crippen LogP contribution is 2.27. The third-order valence-corrected chi connectivity index (χ3v) is 3.81. The van der Waals surface area contributed by atoms with Crippen molar-refractivity contribution < 1.29 is 23.8 Å². The van der Waals surface area contributed by atoms with Gasteiger partial charge in [0.2, 0.25) is 5.78 Å². The van der Waals surface area contributed by atoms with Crippen LogP contribution in [0.25, 0.3) is 6.08 Å². The number of H-pyrrole nitrogens is 1. The SMILES string of the molecule is COc1ccc(/C=C/C(=O)OCC(=O)c2c(N)n(C)c(=O)[nH]c2=O)cc1OC. The molecule has 1 aromatic heterocycles. The summed E-state index contributed by atoms with van der Waals surface area (Å²) >= 11 is 0. The van der Waals surface area contributed by atoms with E-state index in [0.29, 0.717) is 17.1 Å². The maximum atomic E-state index is 12.1. The van der Waals surface area contributed by atoms with Crippen molar-refractivity contribution in [1.82, 2.24) is 9.55 Å². The van der Waals surface area contributed by atoms with Crippen molar-refractivity contribution in [3.05, 3.63) is 56.2 Å². The molecule has 0 spiro atoms. The number of carbonyl (C=O) groups excluding carboxylic acids is 2. The fraction of sp³-hybridized carbons (Fsp3) is 0.222. The second-order valence-corrected chi connectivity index (χ2v) is 5.56. The van der Waals surface area contributed by atoms with Crippen molar-refractivity contribution in [3.63, 3.8) is 0 Å². The first kappa shape index (κ1) is 20.5. The van der Waals surface area contributed by atoms with E-state index in [4.69, 9.17) is 19.9 Å². The molecule has 28 heavy (non-hydrogen) atoms. The second kappa shape index (κ2) is 8.71. The second-order valence-electron chi connectivity index (χ2n) is 5.56. The summed E-state index contributed by atoms with van der Waals surface area (Å²) in [5, 5.41) is 0. The molecule has 0 bridgehead atoms. The van der Waals surface area contributed by atoms with E-state index in [0.717, 1.165) is 10.6 Å². The van der Waals surface area contributed by atoms with Gasteiger partial charge in [-0.25, -0.2) is 9.59 Å². The van der Waals surface area contributed by atoms with Crippen molar-refractivity contribution in [2.45, 2.75) is 0 Å². The molecule has 2 aromatic rings. The van der Waals surface area contributed by atoms with E-state index in [-0.39, 0.29) is 5.82 Å². The van der Waals surface area contributed by atoms with Crippen LogP contribution in [-0.2, 0) is 16.6 Å². The highest BCUT2D eigenvalue weighted by molar-refractivity contribution is 6.01. The van der Waals surface area contributed by atoms with Gasteiger partial charge in [-0.3, -0.25) is 19.1 Å². The smallest absolute Gasteiger partial charge is 0.331 e. The number of hydrogen-bond donors (Lipinski definition) is 2. The summed E-state index contributed by atoms with van der Waals surface area (Å²) in [4.78, 5) is 49.1. The van der Waals surface area contributed by atoms with Gasteiger partial charge in [0, 0.05) is 13.1 Å². The third-order valence-electron chi connectivity index (χ3n) is 3.81. The zero-order valence-electron chi connectivity index (χ0n) is 15.5. The van der Waals surface area contributed by atoms with Gasteiger partial charge in [0.1, 0.15) is 11.4 Å². The van der Waals surface area contributed by atoms with E-state index in [1.54, 1.807) is 18.2 Å². The number of ether oxygens (including phenoxy) is 3. The molecular formula is C18H19N3O7. The number of nitrogens with one attached hydrogen (secondary N) is 1. The predicted molar refractivity (Wildman–Crippen MR) is 101 cm³/mol. The van der Waals surface area contributed by atoms with E-state index in [1.165, 1.54) is 27.3 Å². The predicted octanol–water partition coefficient (Wildman–Crippen LogP) is 0.112. The van der Waals surface area contributed by atoms with Crippen LogP contribution >= 0.6 is 0 Å². The van der Waals surface area contributed by atoms with Crippen LogP contribution in [0.2, 0.25) is 0 Å². The van der Waals surface area contributed by atoms with Crippen LogP contribution < -0.4 is 26.5 Å². The highest BCUT2D eigenvalue weighted by atomic mass is 16.5. The van der Waals surface area contributed by atoms with Crippen molar-refractivity contribution in [3.8, 4) is 11.5 Å². The number of aromatic nitrogens is 2. The number of ketones is 1. The molecule has 0 fully saturated rings. The van der Waals surface area contributed by atoms with Gasteiger partial charge in [-0.1, -0.05) is 6.07 Å². The van der Waals surface area contributed by atoms with Gasteiger partial charge in [0.15, 0.2) is 18.1 Å². The summed E-state index contributed by atoms with van der Waals surface area (Å²) < 4.78 is 16.0. The molecule has 0 radical (unpaired) electrons. The number of aromatic amines is 1. The van der Waals surface area contributed by atoms with Crippen LogP contribution in [-0.4, -0.2) is 42.1 Å². The number of nitrogens with two attached hydrogens (primary N) is 1. The molecule has 0 unspecified atom stereocenters. The molecule has 0 aliphatic rings. The van der Waals surface area contributed by atoms with Crippen LogP contribution in [0.15, 0.2) is 33.9 Å². The number of rotatable bonds is 7. The minimum Gasteiger partial charge on any atom is -0.493 e. The Hall–Kier alpha value is -3.82. The number of Topliss-reactive ketones (excluding diaryl/α,β-unsaturated/α-hetero) is 1. The highest BCUT2D eigenvalue weighted by Gasteiger charge is 2.19. The van der Waals surface area contributed by atoms with E-state index < -0.39 is 35.2 Å². The zero-order valence-corrected chi connectivity index (χ0v) is 15.5. The number of nitrogen functional groups attached to an aromatic ring is 1. The summed E-state index contributed by atoms with van der Waals surface area (Å²) in [7, 11) is 4.28. The van der Waals surface area contributed by atoms with Crippen LogP contribution in [0.3, 0.4) is 0 Å². The summed E-state index contributed by atoms with van der Waals surface area (Å²) in [5.41, 5.74) is 4.12. The lowest BCUT2D eigenvalue weighted by atomic mass is 10.2. The average molecular weight is 389 g/mol. The van der Waals surface area contributed by atoms with Crippen molar-refractivity contribution in [1.29, 1.82) is 0 Å². The average Bonchev–Trinajstić information content (AvgIpc) is 2.68. The van der Waals surface area contributed by atoms with E-state index in [1.807, 2.05) is 4.98 Å². The molecule has 0 aliphatic heterocycles. The molecule has 1 aromatic carbocycles. The molecule has 0 atom stereocenters. The van der Waals surface area contributed by atoms with E-state index in [2.05, 4.69) is 0 Å². The minimum absolute atomic E-state index is 0.310. The molecule has 148 valence electrons. The standard InChI is InChI=1S/C18H19N3O7/c1-21-16(19)15(17(24)20-18(21)25)11(22)9-28-14(23)7-5-10-4-6-12(26-2)13(8-10)27-3/h4-8H,9,19H2,1-3H3,(H,20,24,25)/b7-5+. The summed E-state index contributed by atoms with van der Waals surface area (Å²) in [6.07, 6.45) is 2.57.